The van der Waals surface area contributed by atoms with Gasteiger partial charge in [0.25, 0.3) is 0 Å². The van der Waals surface area contributed by atoms with Gasteiger partial charge < -0.3 is 14.2 Å². The van der Waals surface area contributed by atoms with Crippen LogP contribution in [0, 0.1) is 13.8 Å². The van der Waals surface area contributed by atoms with Crippen LogP contribution in [0.5, 0.6) is 17.2 Å². The summed E-state index contributed by atoms with van der Waals surface area (Å²) >= 11 is 0. The molecule has 0 bridgehead atoms. The summed E-state index contributed by atoms with van der Waals surface area (Å²) in [4.78, 5) is 27.8. The Morgan fingerprint density at radius 2 is 1.07 bits per heavy atom. The van der Waals surface area contributed by atoms with Crippen molar-refractivity contribution in [1.29, 1.82) is 0 Å². The van der Waals surface area contributed by atoms with Crippen LogP contribution < -0.4 is 14.2 Å². The van der Waals surface area contributed by atoms with Crippen LogP contribution in [0.15, 0.2) is 150 Å². The van der Waals surface area contributed by atoms with E-state index >= 15 is 0 Å². The smallest absolute Gasteiger partial charge is 0.343 e. The minimum absolute atomic E-state index is 0.328. The second-order valence-electron chi connectivity index (χ2n) is 13.2. The van der Waals surface area contributed by atoms with Crippen LogP contribution in [0.3, 0.4) is 0 Å². The molecule has 0 radical (unpaired) electrons. The van der Waals surface area contributed by atoms with Crippen LogP contribution in [0.2, 0.25) is 0 Å². The molecule has 7 nitrogen and oxygen atoms in total. The summed E-state index contributed by atoms with van der Waals surface area (Å²) in [6.45, 7) is 6.69. The van der Waals surface area contributed by atoms with Crippen LogP contribution in [-0.2, 0) is 0 Å². The van der Waals surface area contributed by atoms with Crippen LogP contribution >= 0.6 is 0 Å². The zero-order valence-corrected chi connectivity index (χ0v) is 30.5. The van der Waals surface area contributed by atoms with Crippen molar-refractivity contribution in [1.82, 2.24) is 0 Å². The molecule has 7 aromatic rings. The van der Waals surface area contributed by atoms with Gasteiger partial charge in [-0.15, -0.1) is 0 Å². The third-order valence-corrected chi connectivity index (χ3v) is 9.44. The van der Waals surface area contributed by atoms with Gasteiger partial charge in [-0.25, -0.2) is 9.59 Å². The van der Waals surface area contributed by atoms with Crippen LogP contribution in [-0.4, -0.2) is 18.5 Å². The Bertz CT molecular complexity index is 2490. The summed E-state index contributed by atoms with van der Waals surface area (Å²) in [5.74, 6) is 0.278. The van der Waals surface area contributed by atoms with Crippen molar-refractivity contribution in [3.05, 3.63) is 162 Å². The monoisotopic (exact) mass is 712 g/mol. The zero-order chi connectivity index (χ0) is 37.4. The van der Waals surface area contributed by atoms with Gasteiger partial charge in [-0.3, -0.25) is 0 Å². The molecule has 0 amide bonds. The predicted octanol–water partition coefficient (Wildman–Crippen LogP) is 12.7. The minimum atomic E-state index is -0.543. The fourth-order valence-corrected chi connectivity index (χ4v) is 6.41. The van der Waals surface area contributed by atoms with Gasteiger partial charge in [0.05, 0.1) is 29.1 Å². The Hall–Kier alpha value is -6.60. The number of rotatable bonds is 12. The number of unbranched alkanes of at least 4 members (excludes halogenated alkanes) is 2. The van der Waals surface area contributed by atoms with E-state index in [1.807, 2.05) is 111 Å². The summed E-state index contributed by atoms with van der Waals surface area (Å²) in [5.41, 5.74) is 5.26. The average molecular weight is 713 g/mol. The van der Waals surface area contributed by atoms with E-state index in [-0.39, 0.29) is 0 Å². The topological polar surface area (TPSA) is 86.5 Å². The molecule has 0 fully saturated rings. The van der Waals surface area contributed by atoms with E-state index in [0.29, 0.717) is 51.8 Å². The number of carbonyl (C=O) groups is 2. The fourth-order valence-electron chi connectivity index (χ4n) is 6.41. The third kappa shape index (κ3) is 7.91. The lowest BCUT2D eigenvalue weighted by molar-refractivity contribution is 0.0723. The third-order valence-electron chi connectivity index (χ3n) is 9.44. The Morgan fingerprint density at radius 1 is 0.537 bits per heavy atom. The highest BCUT2D eigenvalue weighted by molar-refractivity contribution is 6.11. The summed E-state index contributed by atoms with van der Waals surface area (Å²) in [7, 11) is 0. The first-order valence-corrected chi connectivity index (χ1v) is 18.2. The zero-order valence-electron chi connectivity index (χ0n) is 30.5. The molecule has 0 saturated carbocycles. The largest absolute Gasteiger partial charge is 0.493 e. The molecule has 0 atom stereocenters. The van der Waals surface area contributed by atoms with Crippen molar-refractivity contribution in [2.45, 2.75) is 40.0 Å². The number of esters is 2. The molecule has 0 spiro atoms. The van der Waals surface area contributed by atoms with Crippen molar-refractivity contribution in [3.63, 3.8) is 0 Å². The molecular weight excluding hydrogens is 673 g/mol. The van der Waals surface area contributed by atoms with Gasteiger partial charge in [0.2, 0.25) is 0 Å². The number of benzene rings is 7. The lowest BCUT2D eigenvalue weighted by Crippen LogP contribution is -2.12. The number of fused-ring (bicyclic) bond motifs is 2. The molecule has 7 rings (SSSR count). The molecule has 0 N–H and O–H groups in total. The van der Waals surface area contributed by atoms with E-state index in [1.165, 1.54) is 0 Å². The summed E-state index contributed by atoms with van der Waals surface area (Å²) in [5, 5.41) is 12.1. The lowest BCUT2D eigenvalue weighted by atomic mass is 9.92. The maximum absolute atomic E-state index is 14.0. The average Bonchev–Trinajstić information content (AvgIpc) is 3.20. The molecule has 0 aliphatic carbocycles. The van der Waals surface area contributed by atoms with Gasteiger partial charge in [0.15, 0.2) is 0 Å². The first-order chi connectivity index (χ1) is 26.4. The standard InChI is InChI=1S/C47H40N2O5/c1-4-5-13-28-52-43-30-36(29-31(2)32(43)3)47(51)54-42-27-23-34-15-10-12-19-40(34)45(42)44-39-18-11-9-14-33(39)22-26-41(44)53-46(50)35-20-24-38(25-21-35)49-48-37-16-7-6-8-17-37/h6-12,14-27,29-30H,4-5,13,28H2,1-3H3/b49-48+. The van der Waals surface area contributed by atoms with Crippen LogP contribution in [0.4, 0.5) is 11.4 Å². The Morgan fingerprint density at radius 3 is 1.67 bits per heavy atom. The number of ether oxygens (including phenoxy) is 3. The van der Waals surface area contributed by atoms with Gasteiger partial charge in [0, 0.05) is 11.1 Å². The fraction of sp³-hybridized carbons (Fsp3) is 0.149. The highest BCUT2D eigenvalue weighted by atomic mass is 16.5. The van der Waals surface area contributed by atoms with Crippen molar-refractivity contribution in [3.8, 4) is 28.4 Å². The number of nitrogens with zero attached hydrogens (tertiary/aromatic N) is 2. The molecule has 7 heteroatoms. The summed E-state index contributed by atoms with van der Waals surface area (Å²) in [6.07, 6.45) is 3.11. The van der Waals surface area contributed by atoms with E-state index < -0.39 is 11.9 Å². The van der Waals surface area contributed by atoms with E-state index in [2.05, 4.69) is 17.2 Å². The SMILES string of the molecule is CCCCCOc1cc(C(=O)Oc2ccc3ccccc3c2-c2c(OC(=O)c3ccc(/N=N/c4ccccc4)cc3)ccc3ccccc23)cc(C)c1C. The van der Waals surface area contributed by atoms with E-state index in [9.17, 15) is 9.59 Å². The number of hydrogen-bond acceptors (Lipinski definition) is 7. The second-order valence-corrected chi connectivity index (χ2v) is 13.2. The first kappa shape index (κ1) is 35.8. The predicted molar refractivity (Wildman–Crippen MR) is 215 cm³/mol. The summed E-state index contributed by atoms with van der Waals surface area (Å²) < 4.78 is 18.6. The number of azo groups is 1. The lowest BCUT2D eigenvalue weighted by Gasteiger charge is -2.19. The maximum Gasteiger partial charge on any atom is 0.343 e. The van der Waals surface area contributed by atoms with Crippen LogP contribution in [0.1, 0.15) is 58.0 Å². The van der Waals surface area contributed by atoms with Crippen molar-refractivity contribution >= 4 is 44.9 Å². The minimum Gasteiger partial charge on any atom is -0.493 e. The quantitative estimate of drug-likeness (QED) is 0.0545. The van der Waals surface area contributed by atoms with Crippen molar-refractivity contribution in [2.75, 3.05) is 6.61 Å². The number of carbonyl (C=O) groups excluding carboxylic acids is 2. The van der Waals surface area contributed by atoms with Gasteiger partial charge in [-0.2, -0.15) is 10.2 Å². The van der Waals surface area contributed by atoms with Crippen molar-refractivity contribution < 1.29 is 23.8 Å². The van der Waals surface area contributed by atoms with Gasteiger partial charge in [0.1, 0.15) is 17.2 Å². The van der Waals surface area contributed by atoms with E-state index in [4.69, 9.17) is 14.2 Å². The van der Waals surface area contributed by atoms with E-state index in [0.717, 1.165) is 57.6 Å². The molecule has 0 aromatic heterocycles. The van der Waals surface area contributed by atoms with Crippen LogP contribution in [0.25, 0.3) is 32.7 Å². The highest BCUT2D eigenvalue weighted by Crippen LogP contribution is 2.46. The van der Waals surface area contributed by atoms with E-state index in [1.54, 1.807) is 42.5 Å². The maximum atomic E-state index is 14.0. The molecule has 0 saturated heterocycles. The highest BCUT2D eigenvalue weighted by Gasteiger charge is 2.23. The Labute approximate surface area is 314 Å². The number of hydrogen-bond donors (Lipinski definition) is 0. The Balaban J connectivity index is 1.26. The normalized spacial score (nSPS) is 11.2. The molecule has 7 aromatic carbocycles. The molecule has 268 valence electrons. The summed E-state index contributed by atoms with van der Waals surface area (Å²) in [6, 6.07) is 43.0. The molecule has 0 aliphatic heterocycles. The molecule has 0 heterocycles. The van der Waals surface area contributed by atoms with Gasteiger partial charge in [-0.1, -0.05) is 98.6 Å². The Kier molecular flexibility index (Phi) is 10.9. The molecular formula is C47H40N2O5. The second kappa shape index (κ2) is 16.4. The van der Waals surface area contributed by atoms with Gasteiger partial charge >= 0.3 is 11.9 Å². The first-order valence-electron chi connectivity index (χ1n) is 18.2. The molecule has 54 heavy (non-hydrogen) atoms. The van der Waals surface area contributed by atoms with Crippen molar-refractivity contribution in [2.24, 2.45) is 10.2 Å². The van der Waals surface area contributed by atoms with Gasteiger partial charge in [-0.05, 0) is 114 Å². The molecule has 0 unspecified atom stereocenters. The molecule has 0 aliphatic rings. The number of aryl methyl sites for hydroxylation is 1.